The predicted octanol–water partition coefficient (Wildman–Crippen LogP) is 3.31. The van der Waals surface area contributed by atoms with Gasteiger partial charge in [0.05, 0.1) is 0 Å². The summed E-state index contributed by atoms with van der Waals surface area (Å²) in [7, 11) is 0. The predicted molar refractivity (Wildman–Crippen MR) is 71.0 cm³/mol. The van der Waals surface area contributed by atoms with Gasteiger partial charge in [-0.15, -0.1) is 0 Å². The molecule has 0 radical (unpaired) electrons. The van der Waals surface area contributed by atoms with Gasteiger partial charge in [-0.3, -0.25) is 4.79 Å². The molecule has 0 saturated heterocycles. The minimum Gasteiger partial charge on any atom is -0.349 e. The van der Waals surface area contributed by atoms with E-state index in [1.54, 1.807) is 6.08 Å². The molecule has 2 nitrogen and oxygen atoms in total. The number of benzene rings is 1. The Bertz CT molecular complexity index is 431. The van der Waals surface area contributed by atoms with Crippen LogP contribution in [0.25, 0.3) is 6.08 Å². The number of amides is 1. The van der Waals surface area contributed by atoms with Crippen molar-refractivity contribution in [3.63, 3.8) is 0 Å². The van der Waals surface area contributed by atoms with Gasteiger partial charge in [0.1, 0.15) is 0 Å². The summed E-state index contributed by atoms with van der Waals surface area (Å²) in [4.78, 5) is 12.2. The number of hydrogen-bond acceptors (Lipinski definition) is 1. The van der Waals surface area contributed by atoms with Gasteiger partial charge in [0, 0.05) is 11.6 Å². The SMILES string of the molecule is C=Cc1c(C)cccc1C(=O)NC1CCCC1. The van der Waals surface area contributed by atoms with Crippen molar-refractivity contribution in [1.82, 2.24) is 5.32 Å². The largest absolute Gasteiger partial charge is 0.349 e. The molecule has 17 heavy (non-hydrogen) atoms. The Hall–Kier alpha value is -1.57. The molecule has 1 saturated carbocycles. The molecule has 0 unspecified atom stereocenters. The third kappa shape index (κ3) is 2.57. The van der Waals surface area contributed by atoms with Crippen LogP contribution in [0.15, 0.2) is 24.8 Å². The lowest BCUT2D eigenvalue weighted by Crippen LogP contribution is -2.33. The standard InChI is InChI=1S/C15H19NO/c1-3-13-11(2)7-6-10-14(13)15(17)16-12-8-4-5-9-12/h3,6-7,10,12H,1,4-5,8-9H2,2H3,(H,16,17). The Morgan fingerprint density at radius 2 is 2.12 bits per heavy atom. The smallest absolute Gasteiger partial charge is 0.252 e. The van der Waals surface area contributed by atoms with Gasteiger partial charge < -0.3 is 5.32 Å². The van der Waals surface area contributed by atoms with E-state index in [2.05, 4.69) is 11.9 Å². The lowest BCUT2D eigenvalue weighted by atomic mass is 10.0. The lowest BCUT2D eigenvalue weighted by molar-refractivity contribution is 0.0937. The van der Waals surface area contributed by atoms with Gasteiger partial charge >= 0.3 is 0 Å². The summed E-state index contributed by atoms with van der Waals surface area (Å²) < 4.78 is 0. The van der Waals surface area contributed by atoms with E-state index in [0.717, 1.165) is 29.5 Å². The van der Waals surface area contributed by atoms with Crippen LogP contribution in [-0.4, -0.2) is 11.9 Å². The number of hydrogen-bond donors (Lipinski definition) is 1. The van der Waals surface area contributed by atoms with E-state index < -0.39 is 0 Å². The number of aryl methyl sites for hydroxylation is 1. The van der Waals surface area contributed by atoms with Crippen molar-refractivity contribution in [3.8, 4) is 0 Å². The second-order valence-corrected chi connectivity index (χ2v) is 4.70. The van der Waals surface area contributed by atoms with E-state index in [4.69, 9.17) is 0 Å². The van der Waals surface area contributed by atoms with E-state index in [-0.39, 0.29) is 5.91 Å². The van der Waals surface area contributed by atoms with Crippen molar-refractivity contribution in [3.05, 3.63) is 41.5 Å². The van der Waals surface area contributed by atoms with Gasteiger partial charge in [-0.2, -0.15) is 0 Å². The highest BCUT2D eigenvalue weighted by atomic mass is 16.1. The van der Waals surface area contributed by atoms with Crippen molar-refractivity contribution < 1.29 is 4.79 Å². The normalized spacial score (nSPS) is 15.8. The number of rotatable bonds is 3. The van der Waals surface area contributed by atoms with Crippen molar-refractivity contribution in [2.75, 3.05) is 0 Å². The van der Waals surface area contributed by atoms with Crippen LogP contribution in [0.4, 0.5) is 0 Å². The first-order chi connectivity index (χ1) is 8.22. The van der Waals surface area contributed by atoms with Crippen molar-refractivity contribution in [2.24, 2.45) is 0 Å². The maximum atomic E-state index is 12.2. The molecule has 1 aliphatic carbocycles. The molecule has 1 aromatic carbocycles. The Morgan fingerprint density at radius 1 is 1.41 bits per heavy atom. The van der Waals surface area contributed by atoms with E-state index in [9.17, 15) is 4.79 Å². The number of carbonyl (C=O) groups excluding carboxylic acids is 1. The van der Waals surface area contributed by atoms with Crippen LogP contribution >= 0.6 is 0 Å². The molecule has 1 aliphatic rings. The van der Waals surface area contributed by atoms with Crippen molar-refractivity contribution in [1.29, 1.82) is 0 Å². The number of carbonyl (C=O) groups is 1. The van der Waals surface area contributed by atoms with Gasteiger partial charge in [0.2, 0.25) is 0 Å². The summed E-state index contributed by atoms with van der Waals surface area (Å²) >= 11 is 0. The molecule has 90 valence electrons. The molecule has 2 rings (SSSR count). The first kappa shape index (κ1) is 11.9. The number of nitrogens with one attached hydrogen (secondary N) is 1. The molecule has 1 N–H and O–H groups in total. The van der Waals surface area contributed by atoms with Crippen LogP contribution in [0.1, 0.15) is 47.2 Å². The minimum absolute atomic E-state index is 0.0375. The first-order valence-electron chi connectivity index (χ1n) is 6.25. The second kappa shape index (κ2) is 5.17. The Kier molecular flexibility index (Phi) is 3.62. The van der Waals surface area contributed by atoms with E-state index >= 15 is 0 Å². The van der Waals surface area contributed by atoms with Gasteiger partial charge in [-0.25, -0.2) is 0 Å². The third-order valence-electron chi connectivity index (χ3n) is 3.46. The molecule has 2 heteroatoms. The fourth-order valence-corrected chi connectivity index (χ4v) is 2.48. The van der Waals surface area contributed by atoms with Crippen LogP contribution in [0, 0.1) is 6.92 Å². The fraction of sp³-hybridized carbons (Fsp3) is 0.400. The monoisotopic (exact) mass is 229 g/mol. The topological polar surface area (TPSA) is 29.1 Å². The highest BCUT2D eigenvalue weighted by molar-refractivity contribution is 5.98. The zero-order valence-electron chi connectivity index (χ0n) is 10.3. The molecule has 1 amide bonds. The van der Waals surface area contributed by atoms with E-state index in [1.165, 1.54) is 12.8 Å². The van der Waals surface area contributed by atoms with Crippen molar-refractivity contribution in [2.45, 2.75) is 38.6 Å². The summed E-state index contributed by atoms with van der Waals surface area (Å²) in [5, 5.41) is 3.11. The van der Waals surface area contributed by atoms with E-state index in [0.29, 0.717) is 6.04 Å². The Morgan fingerprint density at radius 3 is 2.76 bits per heavy atom. The highest BCUT2D eigenvalue weighted by Gasteiger charge is 2.19. The molecule has 0 heterocycles. The molecule has 0 spiro atoms. The zero-order chi connectivity index (χ0) is 12.3. The molecular formula is C15H19NO. The zero-order valence-corrected chi connectivity index (χ0v) is 10.3. The summed E-state index contributed by atoms with van der Waals surface area (Å²) in [5.41, 5.74) is 2.79. The maximum absolute atomic E-state index is 12.2. The van der Waals surface area contributed by atoms with Gasteiger partial charge in [0.25, 0.3) is 5.91 Å². The molecular weight excluding hydrogens is 210 g/mol. The van der Waals surface area contributed by atoms with Crippen LogP contribution in [-0.2, 0) is 0 Å². The second-order valence-electron chi connectivity index (χ2n) is 4.70. The first-order valence-corrected chi connectivity index (χ1v) is 6.25. The average molecular weight is 229 g/mol. The summed E-state index contributed by atoms with van der Waals surface area (Å²) in [6.45, 7) is 5.79. The van der Waals surface area contributed by atoms with Crippen molar-refractivity contribution >= 4 is 12.0 Å². The van der Waals surface area contributed by atoms with Crippen LogP contribution in [0.3, 0.4) is 0 Å². The summed E-state index contributed by atoms with van der Waals surface area (Å²) in [6.07, 6.45) is 6.45. The Labute approximate surface area is 103 Å². The van der Waals surface area contributed by atoms with Gasteiger partial charge in [-0.05, 0) is 37.0 Å². The third-order valence-corrected chi connectivity index (χ3v) is 3.46. The molecule has 0 aliphatic heterocycles. The molecule has 0 atom stereocenters. The van der Waals surface area contributed by atoms with Crippen LogP contribution in [0.5, 0.6) is 0 Å². The summed E-state index contributed by atoms with van der Waals surface area (Å²) in [5.74, 6) is 0.0375. The molecule has 0 bridgehead atoms. The maximum Gasteiger partial charge on any atom is 0.252 e. The molecule has 1 fully saturated rings. The molecule has 0 aromatic heterocycles. The summed E-state index contributed by atoms with van der Waals surface area (Å²) in [6, 6.07) is 6.16. The minimum atomic E-state index is 0.0375. The Balaban J connectivity index is 2.18. The van der Waals surface area contributed by atoms with Crippen LogP contribution < -0.4 is 5.32 Å². The fourth-order valence-electron chi connectivity index (χ4n) is 2.48. The quantitative estimate of drug-likeness (QED) is 0.846. The van der Waals surface area contributed by atoms with E-state index in [1.807, 2.05) is 25.1 Å². The highest BCUT2D eigenvalue weighted by Crippen LogP contribution is 2.20. The average Bonchev–Trinajstić information content (AvgIpc) is 2.81. The lowest BCUT2D eigenvalue weighted by Gasteiger charge is -2.14. The van der Waals surface area contributed by atoms with Gasteiger partial charge in [0.15, 0.2) is 0 Å². The van der Waals surface area contributed by atoms with Crippen LogP contribution in [0.2, 0.25) is 0 Å². The molecule has 1 aromatic rings. The van der Waals surface area contributed by atoms with Gasteiger partial charge in [-0.1, -0.05) is 37.6 Å².